The van der Waals surface area contributed by atoms with E-state index < -0.39 is 0 Å². The van der Waals surface area contributed by atoms with E-state index in [9.17, 15) is 0 Å². The zero-order valence-corrected chi connectivity index (χ0v) is 5.08. The van der Waals surface area contributed by atoms with Gasteiger partial charge in [0.1, 0.15) is 0 Å². The van der Waals surface area contributed by atoms with Gasteiger partial charge in [0.25, 0.3) is 0 Å². The second-order valence-corrected chi connectivity index (χ2v) is 2.12. The topological polar surface area (TPSA) is 53.2 Å². The van der Waals surface area contributed by atoms with E-state index in [4.69, 9.17) is 15.1 Å². The van der Waals surface area contributed by atoms with Crippen molar-refractivity contribution in [1.29, 1.82) is 5.26 Å². The maximum absolute atomic E-state index is 8.59. The van der Waals surface area contributed by atoms with Crippen molar-refractivity contribution in [2.24, 2.45) is 5.92 Å². The van der Waals surface area contributed by atoms with Crippen LogP contribution in [0.5, 0.6) is 0 Å². The van der Waals surface area contributed by atoms with Gasteiger partial charge in [-0.15, -0.1) is 0 Å². The lowest BCUT2D eigenvalue weighted by molar-refractivity contribution is 0.0486. The summed E-state index contributed by atoms with van der Waals surface area (Å²) in [4.78, 5) is 0. The minimum atomic E-state index is -0.227. The van der Waals surface area contributed by atoms with E-state index in [-0.39, 0.29) is 18.6 Å². The third kappa shape index (κ3) is 1.21. The summed E-state index contributed by atoms with van der Waals surface area (Å²) < 4.78 is 5.03. The van der Waals surface area contributed by atoms with Gasteiger partial charge < -0.3 is 9.84 Å². The van der Waals surface area contributed by atoms with Gasteiger partial charge in [0.05, 0.1) is 24.7 Å². The van der Waals surface area contributed by atoms with Crippen molar-refractivity contribution in [2.45, 2.75) is 12.5 Å². The first-order chi connectivity index (χ1) is 4.38. The van der Waals surface area contributed by atoms with E-state index >= 15 is 0 Å². The predicted molar refractivity (Wildman–Crippen MR) is 30.5 cm³/mol. The van der Waals surface area contributed by atoms with Crippen molar-refractivity contribution in [3.63, 3.8) is 0 Å². The van der Waals surface area contributed by atoms with Crippen molar-refractivity contribution in [3.05, 3.63) is 0 Å². The molecule has 0 aliphatic carbocycles. The Morgan fingerprint density at radius 2 is 2.56 bits per heavy atom. The van der Waals surface area contributed by atoms with Crippen molar-refractivity contribution in [1.82, 2.24) is 0 Å². The average molecular weight is 127 g/mol. The lowest BCUT2D eigenvalue weighted by Gasteiger charge is -2.06. The summed E-state index contributed by atoms with van der Waals surface area (Å²) in [5, 5.41) is 17.0. The molecular weight excluding hydrogens is 118 g/mol. The van der Waals surface area contributed by atoms with Crippen LogP contribution in [0.3, 0.4) is 0 Å². The van der Waals surface area contributed by atoms with Crippen LogP contribution in [0.15, 0.2) is 0 Å². The Morgan fingerprint density at radius 3 is 3.00 bits per heavy atom. The Kier molecular flexibility index (Phi) is 2.04. The number of rotatable bonds is 1. The van der Waals surface area contributed by atoms with Crippen LogP contribution in [0, 0.1) is 17.2 Å². The van der Waals surface area contributed by atoms with Crippen molar-refractivity contribution in [3.8, 4) is 6.07 Å². The zero-order chi connectivity index (χ0) is 6.69. The predicted octanol–water partition coefficient (Wildman–Crippen LogP) is -0.0926. The number of aliphatic hydroxyl groups excluding tert-OH is 1. The van der Waals surface area contributed by atoms with Gasteiger partial charge in [-0.3, -0.25) is 0 Å². The Morgan fingerprint density at radius 1 is 1.78 bits per heavy atom. The number of nitriles is 1. The summed E-state index contributed by atoms with van der Waals surface area (Å²) in [5.41, 5.74) is 0. The first kappa shape index (κ1) is 6.53. The maximum atomic E-state index is 8.59. The molecule has 3 nitrogen and oxygen atoms in total. The molecule has 0 saturated carbocycles. The zero-order valence-electron chi connectivity index (χ0n) is 5.08. The summed E-state index contributed by atoms with van der Waals surface area (Å²) in [7, 11) is 0. The largest absolute Gasteiger partial charge is 0.394 e. The van der Waals surface area contributed by atoms with E-state index in [0.717, 1.165) is 6.42 Å². The molecule has 50 valence electrons. The second kappa shape index (κ2) is 2.81. The highest BCUT2D eigenvalue weighted by molar-refractivity contribution is 4.91. The highest BCUT2D eigenvalue weighted by atomic mass is 16.5. The van der Waals surface area contributed by atoms with Crippen LogP contribution in [0.25, 0.3) is 0 Å². The van der Waals surface area contributed by atoms with Crippen molar-refractivity contribution < 1.29 is 9.84 Å². The van der Waals surface area contributed by atoms with E-state index in [1.54, 1.807) is 0 Å². The van der Waals surface area contributed by atoms with Gasteiger partial charge in [0.2, 0.25) is 0 Å². The van der Waals surface area contributed by atoms with Crippen LogP contribution in [-0.2, 0) is 4.74 Å². The van der Waals surface area contributed by atoms with Gasteiger partial charge in [-0.05, 0) is 6.42 Å². The third-order valence-electron chi connectivity index (χ3n) is 1.56. The molecule has 1 rings (SSSR count). The monoisotopic (exact) mass is 127 g/mol. The number of ether oxygens (including phenoxy) is 1. The molecule has 0 aromatic heterocycles. The number of hydrogen-bond acceptors (Lipinski definition) is 3. The summed E-state index contributed by atoms with van der Waals surface area (Å²) in [6.07, 6.45) is 0.539. The molecule has 2 atom stereocenters. The van der Waals surface area contributed by atoms with Gasteiger partial charge in [0, 0.05) is 6.61 Å². The molecule has 0 amide bonds. The van der Waals surface area contributed by atoms with Crippen LogP contribution in [0.2, 0.25) is 0 Å². The summed E-state index contributed by atoms with van der Waals surface area (Å²) >= 11 is 0. The number of aliphatic hydroxyl groups is 1. The highest BCUT2D eigenvalue weighted by Crippen LogP contribution is 2.18. The lowest BCUT2D eigenvalue weighted by atomic mass is 10.1. The molecule has 0 radical (unpaired) electrons. The summed E-state index contributed by atoms with van der Waals surface area (Å²) in [6.45, 7) is 0.585. The molecule has 1 aliphatic heterocycles. The van der Waals surface area contributed by atoms with Gasteiger partial charge >= 0.3 is 0 Å². The van der Waals surface area contributed by atoms with Gasteiger partial charge in [0.15, 0.2) is 0 Å². The van der Waals surface area contributed by atoms with E-state index in [2.05, 4.69) is 6.07 Å². The standard InChI is InChI=1S/C6H9NO2/c7-3-5-1-2-9-6(5)4-8/h5-6,8H,1-2,4H2. The third-order valence-corrected chi connectivity index (χ3v) is 1.56. The molecule has 1 fully saturated rings. The molecular formula is C6H9NO2. The average Bonchev–Trinajstić information content (AvgIpc) is 2.33. The Bertz CT molecular complexity index is 130. The van der Waals surface area contributed by atoms with Crippen LogP contribution < -0.4 is 0 Å². The summed E-state index contributed by atoms with van der Waals surface area (Å²) in [6, 6.07) is 2.08. The van der Waals surface area contributed by atoms with Gasteiger partial charge in [-0.2, -0.15) is 5.26 Å². The molecule has 0 aromatic rings. The van der Waals surface area contributed by atoms with Crippen LogP contribution in [0.1, 0.15) is 6.42 Å². The molecule has 0 bridgehead atoms. The fourth-order valence-corrected chi connectivity index (χ4v) is 0.976. The Labute approximate surface area is 53.9 Å². The highest BCUT2D eigenvalue weighted by Gasteiger charge is 2.26. The molecule has 1 N–H and O–H groups in total. The minimum Gasteiger partial charge on any atom is -0.394 e. The van der Waals surface area contributed by atoms with Crippen LogP contribution >= 0.6 is 0 Å². The van der Waals surface area contributed by atoms with Gasteiger partial charge in [-0.25, -0.2) is 0 Å². The molecule has 0 aromatic carbocycles. The lowest BCUT2D eigenvalue weighted by Crippen LogP contribution is -2.18. The first-order valence-corrected chi connectivity index (χ1v) is 3.00. The first-order valence-electron chi connectivity index (χ1n) is 3.00. The van der Waals surface area contributed by atoms with Crippen LogP contribution in [-0.4, -0.2) is 24.4 Å². The number of hydrogen-bond donors (Lipinski definition) is 1. The Hall–Kier alpha value is -0.590. The number of nitrogens with zero attached hydrogens (tertiary/aromatic N) is 1. The second-order valence-electron chi connectivity index (χ2n) is 2.12. The SMILES string of the molecule is N#CC1CCOC1CO. The smallest absolute Gasteiger partial charge is 0.0964 e. The van der Waals surface area contributed by atoms with Crippen molar-refractivity contribution in [2.75, 3.05) is 13.2 Å². The fourth-order valence-electron chi connectivity index (χ4n) is 0.976. The van der Waals surface area contributed by atoms with Crippen molar-refractivity contribution >= 4 is 0 Å². The molecule has 9 heavy (non-hydrogen) atoms. The normalized spacial score (nSPS) is 34.2. The maximum Gasteiger partial charge on any atom is 0.0964 e. The molecule has 1 heterocycles. The molecule has 1 saturated heterocycles. The quantitative estimate of drug-likeness (QED) is 0.535. The van der Waals surface area contributed by atoms with E-state index in [1.807, 2.05) is 0 Å². The van der Waals surface area contributed by atoms with Gasteiger partial charge in [-0.1, -0.05) is 0 Å². The van der Waals surface area contributed by atoms with Crippen LogP contribution in [0.4, 0.5) is 0 Å². The molecule has 0 spiro atoms. The fraction of sp³-hybridized carbons (Fsp3) is 0.833. The molecule has 3 heteroatoms. The van der Waals surface area contributed by atoms with E-state index in [1.165, 1.54) is 0 Å². The minimum absolute atomic E-state index is 0.0295. The molecule has 1 aliphatic rings. The Balaban J connectivity index is 2.44. The van der Waals surface area contributed by atoms with E-state index in [0.29, 0.717) is 6.61 Å². The molecule has 2 unspecified atom stereocenters. The summed E-state index contributed by atoms with van der Waals surface area (Å²) in [5.74, 6) is -0.0880.